The van der Waals surface area contributed by atoms with Crippen LogP contribution in [0.3, 0.4) is 0 Å². The molecule has 0 aliphatic rings. The van der Waals surface area contributed by atoms with E-state index in [4.69, 9.17) is 0 Å². The number of carbonyl (C=O) groups excluding carboxylic acids is 1. The molecule has 0 fully saturated rings. The van der Waals surface area contributed by atoms with Crippen molar-refractivity contribution in [1.29, 1.82) is 0 Å². The first-order valence-corrected chi connectivity index (χ1v) is 8.29. The van der Waals surface area contributed by atoms with Crippen molar-refractivity contribution in [3.63, 3.8) is 0 Å². The smallest absolute Gasteiger partial charge is 0.271 e. The van der Waals surface area contributed by atoms with Gasteiger partial charge in [-0.2, -0.15) is 10.2 Å². The van der Waals surface area contributed by atoms with Crippen LogP contribution in [-0.2, 0) is 13.6 Å². The van der Waals surface area contributed by atoms with Crippen molar-refractivity contribution >= 4 is 5.91 Å². The highest BCUT2D eigenvalue weighted by molar-refractivity contribution is 5.91. The summed E-state index contributed by atoms with van der Waals surface area (Å²) in [5.41, 5.74) is 1.29. The predicted molar refractivity (Wildman–Crippen MR) is 96.9 cm³/mol. The molecule has 0 saturated heterocycles. The number of rotatable bonds is 5. The highest BCUT2D eigenvalue weighted by Gasteiger charge is 2.10. The van der Waals surface area contributed by atoms with Gasteiger partial charge in [-0.15, -0.1) is 5.10 Å². The van der Waals surface area contributed by atoms with E-state index >= 15 is 0 Å². The van der Waals surface area contributed by atoms with Crippen molar-refractivity contribution < 1.29 is 4.79 Å². The van der Waals surface area contributed by atoms with Crippen molar-refractivity contribution in [3.8, 4) is 5.82 Å². The molecule has 1 amide bonds. The summed E-state index contributed by atoms with van der Waals surface area (Å²) in [6, 6.07) is 7.55. The Bertz CT molecular complexity index is 1110. The number of hydrogen-bond acceptors (Lipinski definition) is 6. The summed E-state index contributed by atoms with van der Waals surface area (Å²) in [5, 5.41) is 15.2. The lowest BCUT2D eigenvalue weighted by molar-refractivity contribution is 0.0944. The first-order chi connectivity index (χ1) is 12.8. The molecular formula is C17H19N7O3. The molecule has 140 valence electrons. The maximum absolute atomic E-state index is 12.1. The second kappa shape index (κ2) is 7.36. The molecule has 10 nitrogen and oxygen atoms in total. The zero-order chi connectivity index (χ0) is 19.6. The molecule has 3 aromatic rings. The SMILES string of the molecule is Cc1cc(C)n(-c2ccc(=O)n(CCNC(=O)c3ccc(=O)n(C)n3)n2)n1. The van der Waals surface area contributed by atoms with Gasteiger partial charge in [0.1, 0.15) is 5.69 Å². The van der Waals surface area contributed by atoms with Crippen LogP contribution in [0.1, 0.15) is 21.9 Å². The Kier molecular flexibility index (Phi) is 4.97. The van der Waals surface area contributed by atoms with E-state index in [1.165, 1.54) is 29.9 Å². The monoisotopic (exact) mass is 369 g/mol. The Labute approximate surface area is 154 Å². The molecular weight excluding hydrogens is 350 g/mol. The summed E-state index contributed by atoms with van der Waals surface area (Å²) in [5.74, 6) is 0.0830. The zero-order valence-electron chi connectivity index (χ0n) is 15.2. The van der Waals surface area contributed by atoms with E-state index in [0.29, 0.717) is 5.82 Å². The molecule has 0 atom stereocenters. The minimum atomic E-state index is -0.437. The van der Waals surface area contributed by atoms with Crippen LogP contribution in [0.2, 0.25) is 0 Å². The second-order valence-corrected chi connectivity index (χ2v) is 6.03. The van der Waals surface area contributed by atoms with Crippen LogP contribution in [0.15, 0.2) is 39.9 Å². The predicted octanol–water partition coefficient (Wildman–Crippen LogP) is -0.430. The van der Waals surface area contributed by atoms with Gasteiger partial charge < -0.3 is 5.32 Å². The van der Waals surface area contributed by atoms with Crippen LogP contribution < -0.4 is 16.4 Å². The van der Waals surface area contributed by atoms with Crippen molar-refractivity contribution in [2.75, 3.05) is 6.54 Å². The third-order valence-electron chi connectivity index (χ3n) is 3.88. The van der Waals surface area contributed by atoms with E-state index in [1.807, 2.05) is 19.9 Å². The number of hydrogen-bond donors (Lipinski definition) is 1. The Morgan fingerprint density at radius 3 is 2.44 bits per heavy atom. The van der Waals surface area contributed by atoms with Crippen molar-refractivity contribution in [2.24, 2.45) is 7.05 Å². The van der Waals surface area contributed by atoms with E-state index in [9.17, 15) is 14.4 Å². The molecule has 0 spiro atoms. The maximum Gasteiger partial charge on any atom is 0.271 e. The van der Waals surface area contributed by atoms with Gasteiger partial charge in [0.2, 0.25) is 0 Å². The van der Waals surface area contributed by atoms with E-state index in [2.05, 4.69) is 20.6 Å². The molecule has 10 heteroatoms. The van der Waals surface area contributed by atoms with Gasteiger partial charge in [-0.1, -0.05) is 0 Å². The molecule has 0 radical (unpaired) electrons. The number of nitrogens with one attached hydrogen (secondary N) is 1. The summed E-state index contributed by atoms with van der Waals surface area (Å²) < 4.78 is 4.00. The van der Waals surface area contributed by atoms with Crippen LogP contribution in [-0.4, -0.2) is 41.8 Å². The van der Waals surface area contributed by atoms with Crippen molar-refractivity contribution in [2.45, 2.75) is 20.4 Å². The number of nitrogens with zero attached hydrogens (tertiary/aromatic N) is 6. The summed E-state index contributed by atoms with van der Waals surface area (Å²) in [6.07, 6.45) is 0. The fourth-order valence-electron chi connectivity index (χ4n) is 2.56. The van der Waals surface area contributed by atoms with Gasteiger partial charge in [-0.25, -0.2) is 14.0 Å². The number of carbonyl (C=O) groups is 1. The van der Waals surface area contributed by atoms with Crippen LogP contribution in [0, 0.1) is 13.8 Å². The molecule has 0 aliphatic carbocycles. The van der Waals surface area contributed by atoms with Gasteiger partial charge in [-0.05, 0) is 32.0 Å². The van der Waals surface area contributed by atoms with Crippen LogP contribution in [0.25, 0.3) is 5.82 Å². The summed E-state index contributed by atoms with van der Waals surface area (Å²) in [6.45, 7) is 4.14. The normalized spacial score (nSPS) is 10.8. The fourth-order valence-corrected chi connectivity index (χ4v) is 2.56. The molecule has 0 aromatic carbocycles. The third kappa shape index (κ3) is 4.00. The molecule has 1 N–H and O–H groups in total. The standard InChI is InChI=1S/C17H19N7O3/c1-11-10-12(2)24(19-11)14-5-7-16(26)23(21-14)9-8-18-17(27)13-4-6-15(25)22(3)20-13/h4-7,10H,8-9H2,1-3H3,(H,18,27). The molecule has 27 heavy (non-hydrogen) atoms. The van der Waals surface area contributed by atoms with Gasteiger partial charge >= 0.3 is 0 Å². The Hall–Kier alpha value is -3.56. The van der Waals surface area contributed by atoms with E-state index in [-0.39, 0.29) is 29.9 Å². The van der Waals surface area contributed by atoms with E-state index < -0.39 is 5.91 Å². The summed E-state index contributed by atoms with van der Waals surface area (Å²) in [7, 11) is 1.47. The zero-order valence-corrected chi connectivity index (χ0v) is 15.2. The highest BCUT2D eigenvalue weighted by Crippen LogP contribution is 2.07. The number of aryl methyl sites for hydroxylation is 3. The number of aromatic nitrogens is 6. The molecule has 3 aromatic heterocycles. The lowest BCUT2D eigenvalue weighted by Gasteiger charge is -2.09. The summed E-state index contributed by atoms with van der Waals surface area (Å²) in [4.78, 5) is 35.5. The van der Waals surface area contributed by atoms with Gasteiger partial charge in [0.05, 0.1) is 12.2 Å². The van der Waals surface area contributed by atoms with Gasteiger partial charge in [0.25, 0.3) is 17.0 Å². The van der Waals surface area contributed by atoms with Crippen LogP contribution in [0.5, 0.6) is 0 Å². The van der Waals surface area contributed by atoms with Gasteiger partial charge in [0, 0.05) is 31.4 Å². The van der Waals surface area contributed by atoms with Crippen LogP contribution in [0.4, 0.5) is 0 Å². The average molecular weight is 369 g/mol. The van der Waals surface area contributed by atoms with Gasteiger partial charge in [-0.3, -0.25) is 14.4 Å². The Morgan fingerprint density at radius 2 is 1.78 bits per heavy atom. The molecule has 0 unspecified atom stereocenters. The molecule has 0 bridgehead atoms. The molecule has 0 saturated carbocycles. The lowest BCUT2D eigenvalue weighted by atomic mass is 10.3. The molecule has 0 aliphatic heterocycles. The quantitative estimate of drug-likeness (QED) is 0.652. The minimum Gasteiger partial charge on any atom is -0.349 e. The van der Waals surface area contributed by atoms with Crippen molar-refractivity contribution in [3.05, 3.63) is 68.1 Å². The largest absolute Gasteiger partial charge is 0.349 e. The lowest BCUT2D eigenvalue weighted by Crippen LogP contribution is -2.33. The fraction of sp³-hybridized carbons (Fsp3) is 0.294. The average Bonchev–Trinajstić information content (AvgIpc) is 2.97. The maximum atomic E-state index is 12.1. The number of amides is 1. The first-order valence-electron chi connectivity index (χ1n) is 8.29. The Balaban J connectivity index is 1.70. The molecule has 3 heterocycles. The highest BCUT2D eigenvalue weighted by atomic mass is 16.2. The summed E-state index contributed by atoms with van der Waals surface area (Å²) >= 11 is 0. The van der Waals surface area contributed by atoms with E-state index in [1.54, 1.807) is 10.7 Å². The Morgan fingerprint density at radius 1 is 1.04 bits per heavy atom. The van der Waals surface area contributed by atoms with Crippen molar-refractivity contribution in [1.82, 2.24) is 34.7 Å². The topological polar surface area (TPSA) is 117 Å². The minimum absolute atomic E-state index is 0.119. The second-order valence-electron chi connectivity index (χ2n) is 6.03. The van der Waals surface area contributed by atoms with Gasteiger partial charge in [0.15, 0.2) is 5.82 Å². The van der Waals surface area contributed by atoms with Crippen LogP contribution >= 0.6 is 0 Å². The molecule has 3 rings (SSSR count). The first kappa shape index (κ1) is 18.2. The third-order valence-corrected chi connectivity index (χ3v) is 3.88. The van der Waals surface area contributed by atoms with E-state index in [0.717, 1.165) is 16.1 Å².